The molecule has 4 nitrogen and oxygen atoms in total. The number of ether oxygens (including phenoxy) is 1. The third-order valence-corrected chi connectivity index (χ3v) is 5.64. The van der Waals surface area contributed by atoms with E-state index in [-0.39, 0.29) is 24.3 Å². The SMILES string of the molecule is CC(=O)OC1(CCB2OC(C)(C)C(C)(C)O2)Cc2ccccc2C1. The third kappa shape index (κ3) is 3.24. The molecule has 24 heavy (non-hydrogen) atoms. The second-order valence-corrected chi connectivity index (χ2v) is 8.12. The molecule has 1 aromatic carbocycles. The van der Waals surface area contributed by atoms with Crippen LogP contribution in [0.2, 0.25) is 6.32 Å². The van der Waals surface area contributed by atoms with Gasteiger partial charge in [0, 0.05) is 19.8 Å². The first-order valence-electron chi connectivity index (χ1n) is 8.75. The molecule has 1 heterocycles. The smallest absolute Gasteiger partial charge is 0.457 e. The maximum absolute atomic E-state index is 11.7. The summed E-state index contributed by atoms with van der Waals surface area (Å²) >= 11 is 0. The Morgan fingerprint density at radius 1 is 1.08 bits per heavy atom. The van der Waals surface area contributed by atoms with Crippen molar-refractivity contribution in [3.05, 3.63) is 35.4 Å². The molecule has 0 bridgehead atoms. The molecule has 0 unspecified atom stereocenters. The summed E-state index contributed by atoms with van der Waals surface area (Å²) in [6.07, 6.45) is 2.98. The van der Waals surface area contributed by atoms with Gasteiger partial charge in [0.1, 0.15) is 5.60 Å². The topological polar surface area (TPSA) is 44.8 Å². The van der Waals surface area contributed by atoms with Crippen LogP contribution in [-0.4, -0.2) is 29.9 Å². The number of benzene rings is 1. The van der Waals surface area contributed by atoms with E-state index in [9.17, 15) is 4.79 Å². The number of hydrogen-bond acceptors (Lipinski definition) is 4. The van der Waals surface area contributed by atoms with Crippen molar-refractivity contribution in [3.8, 4) is 0 Å². The van der Waals surface area contributed by atoms with Crippen LogP contribution in [-0.2, 0) is 31.7 Å². The van der Waals surface area contributed by atoms with E-state index in [4.69, 9.17) is 14.0 Å². The van der Waals surface area contributed by atoms with Gasteiger partial charge in [0.25, 0.3) is 0 Å². The van der Waals surface area contributed by atoms with Crippen molar-refractivity contribution in [1.82, 2.24) is 0 Å². The fraction of sp³-hybridized carbons (Fsp3) is 0.632. The largest absolute Gasteiger partial charge is 0.459 e. The number of esters is 1. The first-order chi connectivity index (χ1) is 11.1. The first kappa shape index (κ1) is 17.5. The lowest BCUT2D eigenvalue weighted by molar-refractivity contribution is -0.156. The number of rotatable bonds is 4. The molecular formula is C19H27BO4. The van der Waals surface area contributed by atoms with E-state index in [1.54, 1.807) is 0 Å². The molecule has 1 saturated heterocycles. The van der Waals surface area contributed by atoms with Crippen LogP contribution >= 0.6 is 0 Å². The quantitative estimate of drug-likeness (QED) is 0.625. The van der Waals surface area contributed by atoms with Crippen molar-refractivity contribution in [3.63, 3.8) is 0 Å². The third-order valence-electron chi connectivity index (χ3n) is 5.64. The average molecular weight is 330 g/mol. The van der Waals surface area contributed by atoms with Crippen LogP contribution in [0.25, 0.3) is 0 Å². The standard InChI is InChI=1S/C19H27BO4/c1-14(21)22-19(12-15-8-6-7-9-16(15)13-19)10-11-20-23-17(2,3)18(4,5)24-20/h6-9H,10-13H2,1-5H3. The van der Waals surface area contributed by atoms with Gasteiger partial charge < -0.3 is 14.0 Å². The minimum absolute atomic E-state index is 0.225. The van der Waals surface area contributed by atoms with Crippen LogP contribution in [0.5, 0.6) is 0 Å². The van der Waals surface area contributed by atoms with E-state index in [0.717, 1.165) is 19.3 Å². The molecule has 0 spiro atoms. The van der Waals surface area contributed by atoms with Crippen molar-refractivity contribution in [2.45, 2.75) is 77.0 Å². The maximum atomic E-state index is 11.7. The van der Waals surface area contributed by atoms with Gasteiger partial charge in [-0.3, -0.25) is 4.79 Å². The Morgan fingerprint density at radius 3 is 2.04 bits per heavy atom. The van der Waals surface area contributed by atoms with Crippen LogP contribution in [0, 0.1) is 0 Å². The van der Waals surface area contributed by atoms with Crippen molar-refractivity contribution < 1.29 is 18.8 Å². The normalized spacial score (nSPS) is 23.1. The molecule has 0 atom stereocenters. The monoisotopic (exact) mass is 330 g/mol. The molecular weight excluding hydrogens is 303 g/mol. The summed E-state index contributed by atoms with van der Waals surface area (Å²) in [5, 5.41) is 0. The molecule has 3 rings (SSSR count). The van der Waals surface area contributed by atoms with Gasteiger partial charge in [0.15, 0.2) is 0 Å². The fourth-order valence-electron chi connectivity index (χ4n) is 3.73. The van der Waals surface area contributed by atoms with E-state index >= 15 is 0 Å². The molecule has 0 N–H and O–H groups in total. The molecule has 130 valence electrons. The lowest BCUT2D eigenvalue weighted by Crippen LogP contribution is -2.41. The molecule has 0 saturated carbocycles. The van der Waals surface area contributed by atoms with Crippen LogP contribution in [0.4, 0.5) is 0 Å². The zero-order valence-corrected chi connectivity index (χ0v) is 15.3. The number of fused-ring (bicyclic) bond motifs is 1. The highest BCUT2D eigenvalue weighted by Gasteiger charge is 2.52. The molecule has 0 radical (unpaired) electrons. The summed E-state index contributed by atoms with van der Waals surface area (Å²) in [4.78, 5) is 11.7. The lowest BCUT2D eigenvalue weighted by atomic mass is 9.77. The Balaban J connectivity index is 1.70. The number of hydrogen-bond donors (Lipinski definition) is 0. The summed E-state index contributed by atoms with van der Waals surface area (Å²) in [6, 6.07) is 8.32. The second kappa shape index (κ2) is 5.89. The number of carbonyl (C=O) groups is 1. The zero-order valence-electron chi connectivity index (χ0n) is 15.3. The molecule has 1 aliphatic carbocycles. The van der Waals surface area contributed by atoms with E-state index in [1.807, 2.05) is 12.1 Å². The summed E-state index contributed by atoms with van der Waals surface area (Å²) in [7, 11) is -0.258. The van der Waals surface area contributed by atoms with Crippen molar-refractivity contribution >= 4 is 13.1 Å². The maximum Gasteiger partial charge on any atom is 0.457 e. The highest BCUT2D eigenvalue weighted by molar-refractivity contribution is 6.45. The van der Waals surface area contributed by atoms with Crippen molar-refractivity contribution in [1.29, 1.82) is 0 Å². The minimum Gasteiger partial charge on any atom is -0.459 e. The molecule has 0 amide bonds. The molecule has 1 aliphatic heterocycles. The van der Waals surface area contributed by atoms with Crippen molar-refractivity contribution in [2.75, 3.05) is 0 Å². The van der Waals surface area contributed by atoms with Gasteiger partial charge in [-0.1, -0.05) is 24.3 Å². The Hall–Kier alpha value is -1.33. The van der Waals surface area contributed by atoms with E-state index in [0.29, 0.717) is 6.32 Å². The van der Waals surface area contributed by atoms with Gasteiger partial charge in [0.2, 0.25) is 0 Å². The Bertz CT molecular complexity index is 597. The predicted octanol–water partition coefficient (Wildman–Crippen LogP) is 3.57. The summed E-state index contributed by atoms with van der Waals surface area (Å²) in [5.41, 5.74) is 1.41. The van der Waals surface area contributed by atoms with Crippen LogP contribution < -0.4 is 0 Å². The van der Waals surface area contributed by atoms with E-state index < -0.39 is 5.60 Å². The highest BCUT2D eigenvalue weighted by atomic mass is 16.7. The van der Waals surface area contributed by atoms with Gasteiger partial charge in [-0.05, 0) is 51.6 Å². The van der Waals surface area contributed by atoms with Gasteiger partial charge in [0.05, 0.1) is 11.2 Å². The zero-order chi connectivity index (χ0) is 17.6. The minimum atomic E-state index is -0.473. The summed E-state index contributed by atoms with van der Waals surface area (Å²) in [5.74, 6) is -0.225. The molecule has 0 aromatic heterocycles. The first-order valence-corrected chi connectivity index (χ1v) is 8.75. The van der Waals surface area contributed by atoms with Gasteiger partial charge in [-0.15, -0.1) is 0 Å². The van der Waals surface area contributed by atoms with Crippen LogP contribution in [0.1, 0.15) is 52.2 Å². The van der Waals surface area contributed by atoms with Gasteiger partial charge in [-0.25, -0.2) is 0 Å². The fourth-order valence-corrected chi connectivity index (χ4v) is 3.73. The molecule has 1 aromatic rings. The summed E-state index contributed by atoms with van der Waals surface area (Å²) in [6.45, 7) is 9.71. The Labute approximate surface area is 145 Å². The average Bonchev–Trinajstić information content (AvgIpc) is 2.90. The summed E-state index contributed by atoms with van der Waals surface area (Å²) < 4.78 is 18.0. The van der Waals surface area contributed by atoms with E-state index in [1.165, 1.54) is 18.1 Å². The van der Waals surface area contributed by atoms with E-state index in [2.05, 4.69) is 39.8 Å². The molecule has 2 aliphatic rings. The van der Waals surface area contributed by atoms with Gasteiger partial charge in [-0.2, -0.15) is 0 Å². The van der Waals surface area contributed by atoms with Crippen LogP contribution in [0.3, 0.4) is 0 Å². The Morgan fingerprint density at radius 2 is 1.58 bits per heavy atom. The highest BCUT2D eigenvalue weighted by Crippen LogP contribution is 2.41. The lowest BCUT2D eigenvalue weighted by Gasteiger charge is -2.32. The van der Waals surface area contributed by atoms with Crippen molar-refractivity contribution in [2.24, 2.45) is 0 Å². The molecule has 1 fully saturated rings. The second-order valence-electron chi connectivity index (χ2n) is 8.12. The Kier molecular flexibility index (Phi) is 4.29. The number of carbonyl (C=O) groups excluding carboxylic acids is 1. The molecule has 5 heteroatoms. The van der Waals surface area contributed by atoms with Crippen LogP contribution in [0.15, 0.2) is 24.3 Å². The van der Waals surface area contributed by atoms with Gasteiger partial charge >= 0.3 is 13.1 Å². The predicted molar refractivity (Wildman–Crippen MR) is 93.9 cm³/mol.